The van der Waals surface area contributed by atoms with Crippen LogP contribution in [0.15, 0.2) is 67.0 Å². The molecule has 4 nitrogen and oxygen atoms in total. The molecule has 3 rings (SSSR count). The summed E-state index contributed by atoms with van der Waals surface area (Å²) in [5.74, 6) is 0. The second-order valence-corrected chi connectivity index (χ2v) is 6.91. The second kappa shape index (κ2) is 9.19. The molecule has 9 heteroatoms. The Balaban J connectivity index is 1.82. The average molecular weight is 437 g/mol. The molecule has 0 radical (unpaired) electrons. The summed E-state index contributed by atoms with van der Waals surface area (Å²) in [6.07, 6.45) is -1.23. The van der Waals surface area contributed by atoms with Gasteiger partial charge in [0.2, 0.25) is 0 Å². The van der Waals surface area contributed by atoms with E-state index in [1.54, 1.807) is 29.4 Å². The lowest BCUT2D eigenvalue weighted by molar-refractivity contribution is -0.137. The van der Waals surface area contributed by atoms with E-state index in [1.807, 2.05) is 24.3 Å². The Labute approximate surface area is 176 Å². The number of hydrogen-bond acceptors (Lipinski definition) is 3. The van der Waals surface area contributed by atoms with E-state index in [0.717, 1.165) is 17.5 Å². The molecule has 0 spiro atoms. The number of benzene rings is 1. The third-order valence-electron chi connectivity index (χ3n) is 3.97. The highest BCUT2D eigenvalue weighted by atomic mass is 35.5. The molecule has 0 saturated heterocycles. The molecule has 2 heterocycles. The van der Waals surface area contributed by atoms with Crippen LogP contribution in [0, 0.1) is 0 Å². The van der Waals surface area contributed by atoms with Gasteiger partial charge in [0.05, 0.1) is 35.1 Å². The van der Waals surface area contributed by atoms with Gasteiger partial charge in [-0.3, -0.25) is 9.97 Å². The van der Waals surface area contributed by atoms with E-state index in [1.165, 1.54) is 12.1 Å². The fourth-order valence-electron chi connectivity index (χ4n) is 2.60. The fourth-order valence-corrected chi connectivity index (χ4v) is 3.07. The van der Waals surface area contributed by atoms with Gasteiger partial charge in [0, 0.05) is 18.1 Å². The zero-order valence-corrected chi connectivity index (χ0v) is 16.6. The van der Waals surface area contributed by atoms with Crippen LogP contribution in [-0.2, 0) is 19.3 Å². The molecule has 150 valence electrons. The van der Waals surface area contributed by atoms with Crippen LogP contribution in [0.3, 0.4) is 0 Å². The van der Waals surface area contributed by atoms with Crippen molar-refractivity contribution in [3.05, 3.63) is 89.0 Å². The molecule has 3 aromatic rings. The standard InChI is InChI=1S/C20H16ClF3N4S/c21-18-8-7-14(11-17(18)20(22,23)24)27-19(29)28(12-15-5-1-3-9-25-15)13-16-6-2-4-10-26-16/h1-11H,12-13H2,(H,27,29). The number of hydrogen-bond donors (Lipinski definition) is 1. The number of thiocarbonyl (C=S) groups is 1. The summed E-state index contributed by atoms with van der Waals surface area (Å²) in [5.41, 5.74) is 0.797. The Morgan fingerprint density at radius 1 is 0.966 bits per heavy atom. The van der Waals surface area contributed by atoms with Crippen LogP contribution in [0.2, 0.25) is 5.02 Å². The number of aromatic nitrogens is 2. The topological polar surface area (TPSA) is 41.0 Å². The predicted molar refractivity (Wildman–Crippen MR) is 110 cm³/mol. The van der Waals surface area contributed by atoms with Gasteiger partial charge in [-0.1, -0.05) is 23.7 Å². The molecule has 2 aromatic heterocycles. The lowest BCUT2D eigenvalue weighted by Crippen LogP contribution is -2.34. The predicted octanol–water partition coefficient (Wildman–Crippen LogP) is 5.55. The van der Waals surface area contributed by atoms with Crippen molar-refractivity contribution in [2.75, 3.05) is 5.32 Å². The van der Waals surface area contributed by atoms with E-state index in [2.05, 4.69) is 15.3 Å². The Hall–Kier alpha value is -2.71. The van der Waals surface area contributed by atoms with Gasteiger partial charge in [-0.2, -0.15) is 13.2 Å². The molecular formula is C20H16ClF3N4S. The van der Waals surface area contributed by atoms with Gasteiger partial charge in [0.15, 0.2) is 5.11 Å². The maximum atomic E-state index is 13.1. The van der Waals surface area contributed by atoms with Crippen LogP contribution in [-0.4, -0.2) is 20.0 Å². The Bertz CT molecular complexity index is 927. The Kier molecular flexibility index (Phi) is 6.66. The van der Waals surface area contributed by atoms with E-state index < -0.39 is 11.7 Å². The quantitative estimate of drug-likeness (QED) is 0.531. The van der Waals surface area contributed by atoms with Crippen molar-refractivity contribution < 1.29 is 13.2 Å². The molecule has 0 amide bonds. The zero-order chi connectivity index (χ0) is 20.9. The summed E-state index contributed by atoms with van der Waals surface area (Å²) >= 11 is 11.2. The minimum absolute atomic E-state index is 0.193. The fraction of sp³-hybridized carbons (Fsp3) is 0.150. The lowest BCUT2D eigenvalue weighted by atomic mass is 10.2. The number of halogens is 4. The molecule has 0 aliphatic carbocycles. The molecule has 0 unspecified atom stereocenters. The smallest absolute Gasteiger partial charge is 0.337 e. The number of anilines is 1. The van der Waals surface area contributed by atoms with Crippen LogP contribution in [0.25, 0.3) is 0 Å². The molecule has 29 heavy (non-hydrogen) atoms. The van der Waals surface area contributed by atoms with E-state index in [9.17, 15) is 13.2 Å². The molecule has 1 N–H and O–H groups in total. The van der Waals surface area contributed by atoms with Gasteiger partial charge >= 0.3 is 6.18 Å². The summed E-state index contributed by atoms with van der Waals surface area (Å²) < 4.78 is 39.4. The number of pyridine rings is 2. The highest BCUT2D eigenvalue weighted by molar-refractivity contribution is 7.80. The number of rotatable bonds is 5. The SMILES string of the molecule is FC(F)(F)c1cc(NC(=S)N(Cc2ccccn2)Cc2ccccn2)ccc1Cl. The largest absolute Gasteiger partial charge is 0.417 e. The van der Waals surface area contributed by atoms with E-state index in [0.29, 0.717) is 13.1 Å². The minimum atomic E-state index is -4.56. The molecular weight excluding hydrogens is 421 g/mol. The zero-order valence-electron chi connectivity index (χ0n) is 15.0. The first-order chi connectivity index (χ1) is 13.8. The molecule has 0 bridgehead atoms. The highest BCUT2D eigenvalue weighted by Crippen LogP contribution is 2.36. The summed E-state index contributed by atoms with van der Waals surface area (Å²) in [6.45, 7) is 0.728. The normalized spacial score (nSPS) is 11.2. The van der Waals surface area contributed by atoms with E-state index >= 15 is 0 Å². The van der Waals surface area contributed by atoms with Crippen molar-refractivity contribution in [3.8, 4) is 0 Å². The first kappa shape index (κ1) is 21.0. The molecule has 0 atom stereocenters. The first-order valence-electron chi connectivity index (χ1n) is 8.55. The van der Waals surface area contributed by atoms with E-state index in [-0.39, 0.29) is 15.8 Å². The highest BCUT2D eigenvalue weighted by Gasteiger charge is 2.33. The Morgan fingerprint density at radius 3 is 2.03 bits per heavy atom. The number of alkyl halides is 3. The van der Waals surface area contributed by atoms with Crippen LogP contribution < -0.4 is 5.32 Å². The molecule has 1 aromatic carbocycles. The minimum Gasteiger partial charge on any atom is -0.337 e. The van der Waals surface area contributed by atoms with Gasteiger partial charge in [-0.15, -0.1) is 0 Å². The van der Waals surface area contributed by atoms with Crippen molar-refractivity contribution in [2.45, 2.75) is 19.3 Å². The van der Waals surface area contributed by atoms with Crippen molar-refractivity contribution in [2.24, 2.45) is 0 Å². The monoisotopic (exact) mass is 436 g/mol. The Morgan fingerprint density at radius 2 is 1.55 bits per heavy atom. The van der Waals surface area contributed by atoms with Crippen molar-refractivity contribution in [3.63, 3.8) is 0 Å². The third-order valence-corrected chi connectivity index (χ3v) is 4.66. The van der Waals surface area contributed by atoms with E-state index in [4.69, 9.17) is 23.8 Å². The summed E-state index contributed by atoms with van der Waals surface area (Å²) in [7, 11) is 0. The molecule has 0 saturated carbocycles. The van der Waals surface area contributed by atoms with Crippen molar-refractivity contribution in [1.29, 1.82) is 0 Å². The van der Waals surface area contributed by atoms with Gasteiger partial charge in [-0.05, 0) is 54.7 Å². The molecule has 0 aliphatic heterocycles. The maximum Gasteiger partial charge on any atom is 0.417 e. The van der Waals surface area contributed by atoms with Gasteiger partial charge in [0.25, 0.3) is 0 Å². The van der Waals surface area contributed by atoms with Gasteiger partial charge < -0.3 is 10.2 Å². The average Bonchev–Trinajstić information content (AvgIpc) is 2.69. The van der Waals surface area contributed by atoms with Crippen LogP contribution in [0.1, 0.15) is 17.0 Å². The van der Waals surface area contributed by atoms with Crippen molar-refractivity contribution >= 4 is 34.6 Å². The number of nitrogens with one attached hydrogen (secondary N) is 1. The number of nitrogens with zero attached hydrogens (tertiary/aromatic N) is 3. The summed E-state index contributed by atoms with van der Waals surface area (Å²) in [5, 5.41) is 2.74. The third kappa shape index (κ3) is 5.88. The van der Waals surface area contributed by atoms with Crippen LogP contribution in [0.5, 0.6) is 0 Å². The van der Waals surface area contributed by atoms with Crippen LogP contribution >= 0.6 is 23.8 Å². The summed E-state index contributed by atoms with van der Waals surface area (Å²) in [6, 6.07) is 14.6. The van der Waals surface area contributed by atoms with Gasteiger partial charge in [-0.25, -0.2) is 0 Å². The van der Waals surface area contributed by atoms with Crippen molar-refractivity contribution in [1.82, 2.24) is 14.9 Å². The first-order valence-corrected chi connectivity index (χ1v) is 9.34. The lowest BCUT2D eigenvalue weighted by Gasteiger charge is -2.25. The molecule has 0 aliphatic rings. The van der Waals surface area contributed by atoms with Crippen LogP contribution in [0.4, 0.5) is 18.9 Å². The molecule has 0 fully saturated rings. The summed E-state index contributed by atoms with van der Waals surface area (Å²) in [4.78, 5) is 10.4. The second-order valence-electron chi connectivity index (χ2n) is 6.12. The van der Waals surface area contributed by atoms with Gasteiger partial charge in [0.1, 0.15) is 0 Å². The maximum absolute atomic E-state index is 13.1.